The number of rotatable bonds is 3. The number of hydrogen-bond acceptors (Lipinski definition) is 3. The van der Waals surface area contributed by atoms with Crippen molar-refractivity contribution < 1.29 is 0 Å². The number of piperidine rings is 1. The Morgan fingerprint density at radius 1 is 1.53 bits per heavy atom. The molecule has 0 spiro atoms. The van der Waals surface area contributed by atoms with Crippen LogP contribution in [0.2, 0.25) is 0 Å². The largest absolute Gasteiger partial charge is 0.297 e. The first-order chi connectivity index (χ1) is 8.15. The molecular weight excluding hydrogens is 302 g/mol. The number of aromatic nitrogens is 2. The molecule has 2 heterocycles. The van der Waals surface area contributed by atoms with Crippen LogP contribution in [0.3, 0.4) is 0 Å². The Labute approximate surface area is 115 Å². The smallest absolute Gasteiger partial charge is 0.132 e. The van der Waals surface area contributed by atoms with Gasteiger partial charge in [0.05, 0.1) is 4.47 Å². The molecule has 0 bridgehead atoms. The summed E-state index contributed by atoms with van der Waals surface area (Å²) in [5.41, 5.74) is 0. The first kappa shape index (κ1) is 13.0. The fourth-order valence-corrected chi connectivity index (χ4v) is 2.56. The Balaban J connectivity index is 2.01. The van der Waals surface area contributed by atoms with E-state index in [1.54, 1.807) is 0 Å². The first-order valence-electron chi connectivity index (χ1n) is 5.68. The maximum absolute atomic E-state index is 5.85. The number of likely N-dealkylation sites (tertiary alicyclic amines) is 1. The molecule has 17 heavy (non-hydrogen) atoms. The van der Waals surface area contributed by atoms with Gasteiger partial charge in [-0.1, -0.05) is 18.2 Å². The lowest BCUT2D eigenvalue weighted by Crippen LogP contribution is -2.35. The van der Waals surface area contributed by atoms with Crippen LogP contribution in [0.15, 0.2) is 28.5 Å². The van der Waals surface area contributed by atoms with Crippen LogP contribution >= 0.6 is 27.5 Å². The van der Waals surface area contributed by atoms with Crippen molar-refractivity contribution in [1.82, 2.24) is 14.9 Å². The zero-order chi connectivity index (χ0) is 12.3. The lowest BCUT2D eigenvalue weighted by Gasteiger charge is -2.31. The van der Waals surface area contributed by atoms with E-state index in [9.17, 15) is 0 Å². The van der Waals surface area contributed by atoms with Crippen molar-refractivity contribution in [3.05, 3.63) is 34.3 Å². The molecule has 1 unspecified atom stereocenters. The van der Waals surface area contributed by atoms with Crippen molar-refractivity contribution in [3.63, 3.8) is 0 Å². The molecule has 3 nitrogen and oxygen atoms in total. The summed E-state index contributed by atoms with van der Waals surface area (Å²) >= 11 is 9.20. The second-order valence-electron chi connectivity index (χ2n) is 4.35. The summed E-state index contributed by atoms with van der Waals surface area (Å²) in [6, 6.07) is 0. The molecule has 1 aromatic heterocycles. The average molecular weight is 317 g/mol. The van der Waals surface area contributed by atoms with E-state index in [2.05, 4.69) is 37.4 Å². The molecule has 1 aromatic rings. The Kier molecular flexibility index (Phi) is 4.54. The third kappa shape index (κ3) is 3.76. The van der Waals surface area contributed by atoms with E-state index >= 15 is 0 Å². The second kappa shape index (κ2) is 5.94. The van der Waals surface area contributed by atoms with Crippen molar-refractivity contribution in [2.45, 2.75) is 18.8 Å². The third-order valence-electron chi connectivity index (χ3n) is 2.91. The van der Waals surface area contributed by atoms with Crippen LogP contribution < -0.4 is 0 Å². The molecule has 0 aromatic carbocycles. The molecule has 1 aliphatic heterocycles. The van der Waals surface area contributed by atoms with Gasteiger partial charge in [-0.05, 0) is 35.3 Å². The summed E-state index contributed by atoms with van der Waals surface area (Å²) in [6.45, 7) is 6.55. The zero-order valence-electron chi connectivity index (χ0n) is 9.57. The summed E-state index contributed by atoms with van der Waals surface area (Å²) in [7, 11) is 0. The number of halogens is 2. The lowest BCUT2D eigenvalue weighted by molar-refractivity contribution is 0.222. The fourth-order valence-electron chi connectivity index (χ4n) is 2.19. The van der Waals surface area contributed by atoms with Gasteiger partial charge in [-0.25, -0.2) is 9.97 Å². The normalized spacial score (nSPS) is 21.4. The quantitative estimate of drug-likeness (QED) is 0.857. The maximum Gasteiger partial charge on any atom is 0.132 e. The number of nitrogens with zero attached hydrogens (tertiary/aromatic N) is 3. The van der Waals surface area contributed by atoms with E-state index in [1.165, 1.54) is 0 Å². The Morgan fingerprint density at radius 3 is 2.88 bits per heavy atom. The predicted molar refractivity (Wildman–Crippen MR) is 73.1 cm³/mol. The van der Waals surface area contributed by atoms with Gasteiger partial charge in [-0.3, -0.25) is 4.90 Å². The molecule has 1 atom stereocenters. The molecule has 0 amide bonds. The van der Waals surface area contributed by atoms with Crippen LogP contribution in [-0.4, -0.2) is 34.5 Å². The van der Waals surface area contributed by atoms with Crippen LogP contribution in [0.25, 0.3) is 0 Å². The second-order valence-corrected chi connectivity index (χ2v) is 5.80. The van der Waals surface area contributed by atoms with Crippen LogP contribution in [-0.2, 0) is 0 Å². The minimum atomic E-state index is 0.410. The molecule has 0 radical (unpaired) electrons. The van der Waals surface area contributed by atoms with Crippen LogP contribution in [0.5, 0.6) is 0 Å². The highest BCUT2D eigenvalue weighted by molar-refractivity contribution is 9.10. The lowest BCUT2D eigenvalue weighted by atomic mass is 9.97. The van der Waals surface area contributed by atoms with Crippen molar-refractivity contribution in [2.24, 2.45) is 0 Å². The average Bonchev–Trinajstić information content (AvgIpc) is 2.29. The van der Waals surface area contributed by atoms with Crippen molar-refractivity contribution in [2.75, 3.05) is 19.6 Å². The van der Waals surface area contributed by atoms with Gasteiger partial charge in [-0.15, -0.1) is 0 Å². The standard InChI is InChI=1S/C12H15BrClN3/c1-9(14)7-17-4-2-3-10(8-17)12-15-5-11(13)6-16-12/h5-6,10H,1-4,7-8H2. The maximum atomic E-state index is 5.85. The van der Waals surface area contributed by atoms with Gasteiger partial charge < -0.3 is 0 Å². The minimum Gasteiger partial charge on any atom is -0.297 e. The highest BCUT2D eigenvalue weighted by Crippen LogP contribution is 2.25. The summed E-state index contributed by atoms with van der Waals surface area (Å²) in [5.74, 6) is 1.34. The molecule has 1 saturated heterocycles. The van der Waals surface area contributed by atoms with Gasteiger partial charge in [0.1, 0.15) is 5.82 Å². The topological polar surface area (TPSA) is 29.0 Å². The summed E-state index contributed by atoms with van der Waals surface area (Å²) in [5, 5.41) is 0.697. The van der Waals surface area contributed by atoms with Crippen molar-refractivity contribution >= 4 is 27.5 Å². The van der Waals surface area contributed by atoms with Crippen molar-refractivity contribution in [1.29, 1.82) is 0 Å². The van der Waals surface area contributed by atoms with E-state index in [-0.39, 0.29) is 0 Å². The van der Waals surface area contributed by atoms with Crippen LogP contribution in [0, 0.1) is 0 Å². The highest BCUT2D eigenvalue weighted by Gasteiger charge is 2.23. The molecule has 5 heteroatoms. The van der Waals surface area contributed by atoms with Gasteiger partial charge in [0.2, 0.25) is 0 Å². The zero-order valence-corrected chi connectivity index (χ0v) is 11.9. The predicted octanol–water partition coefficient (Wildman–Crippen LogP) is 3.17. The van der Waals surface area contributed by atoms with E-state index in [0.717, 1.165) is 42.8 Å². The van der Waals surface area contributed by atoms with Crippen molar-refractivity contribution in [3.8, 4) is 0 Å². The SMILES string of the molecule is C=C(Cl)CN1CCCC(c2ncc(Br)cn2)C1. The third-order valence-corrected chi connectivity index (χ3v) is 3.44. The summed E-state index contributed by atoms with van der Waals surface area (Å²) in [6.07, 6.45) is 5.92. The van der Waals surface area contributed by atoms with E-state index in [4.69, 9.17) is 11.6 Å². The van der Waals surface area contributed by atoms with E-state index in [1.807, 2.05) is 12.4 Å². The molecule has 1 aliphatic rings. The Morgan fingerprint density at radius 2 is 2.24 bits per heavy atom. The minimum absolute atomic E-state index is 0.410. The highest BCUT2D eigenvalue weighted by atomic mass is 79.9. The Hall–Kier alpha value is -0.450. The van der Waals surface area contributed by atoms with E-state index < -0.39 is 0 Å². The molecule has 92 valence electrons. The molecule has 0 saturated carbocycles. The molecule has 1 fully saturated rings. The molecule has 0 N–H and O–H groups in total. The molecule has 2 rings (SSSR count). The molecule has 0 aliphatic carbocycles. The van der Waals surface area contributed by atoms with Gasteiger partial charge in [0, 0.05) is 36.4 Å². The summed E-state index contributed by atoms with van der Waals surface area (Å²) < 4.78 is 0.919. The van der Waals surface area contributed by atoms with Gasteiger partial charge >= 0.3 is 0 Å². The van der Waals surface area contributed by atoms with Gasteiger partial charge in [-0.2, -0.15) is 0 Å². The first-order valence-corrected chi connectivity index (χ1v) is 6.85. The monoisotopic (exact) mass is 315 g/mol. The fraction of sp³-hybridized carbons (Fsp3) is 0.500. The van der Waals surface area contributed by atoms with E-state index in [0.29, 0.717) is 11.0 Å². The van der Waals surface area contributed by atoms with Crippen LogP contribution in [0.4, 0.5) is 0 Å². The molecular formula is C12H15BrClN3. The summed E-state index contributed by atoms with van der Waals surface area (Å²) in [4.78, 5) is 11.1. The Bertz CT molecular complexity index is 393. The van der Waals surface area contributed by atoms with Crippen LogP contribution in [0.1, 0.15) is 24.6 Å². The van der Waals surface area contributed by atoms with Gasteiger partial charge in [0.15, 0.2) is 0 Å². The van der Waals surface area contributed by atoms with Gasteiger partial charge in [0.25, 0.3) is 0 Å². The number of hydrogen-bond donors (Lipinski definition) is 0.